The first-order valence-corrected chi connectivity index (χ1v) is 7.72. The normalized spacial score (nSPS) is 10.4. The summed E-state index contributed by atoms with van der Waals surface area (Å²) in [6.07, 6.45) is 2.86. The molecule has 0 N–H and O–H groups in total. The van der Waals surface area contributed by atoms with Crippen LogP contribution in [0.15, 0.2) is 36.5 Å². The minimum Gasteiger partial charge on any atom is -0.496 e. The lowest BCUT2D eigenvalue weighted by Gasteiger charge is -2.24. The number of ether oxygens (including phenoxy) is 2. The van der Waals surface area contributed by atoms with Gasteiger partial charge in [-0.15, -0.1) is 0 Å². The highest BCUT2D eigenvalue weighted by Gasteiger charge is 2.24. The molecule has 1 heterocycles. The number of carbonyl (C=O) groups is 1. The summed E-state index contributed by atoms with van der Waals surface area (Å²) in [7, 11) is 5.10. The molecule has 5 nitrogen and oxygen atoms in total. The van der Waals surface area contributed by atoms with E-state index in [1.807, 2.05) is 40.9 Å². The van der Waals surface area contributed by atoms with Crippen LogP contribution < -0.4 is 9.47 Å². The summed E-state index contributed by atoms with van der Waals surface area (Å²) < 4.78 is 12.8. The Morgan fingerprint density at radius 2 is 1.78 bits per heavy atom. The predicted molar refractivity (Wildman–Crippen MR) is 90.0 cm³/mol. The fourth-order valence-electron chi connectivity index (χ4n) is 2.60. The summed E-state index contributed by atoms with van der Waals surface area (Å²) in [5.41, 5.74) is 1.56. The van der Waals surface area contributed by atoms with Gasteiger partial charge in [-0.1, -0.05) is 13.0 Å². The maximum Gasteiger partial charge on any atom is 0.261 e. The minimum absolute atomic E-state index is 0.0812. The van der Waals surface area contributed by atoms with E-state index < -0.39 is 0 Å². The zero-order valence-corrected chi connectivity index (χ0v) is 14.2. The van der Waals surface area contributed by atoms with Crippen molar-refractivity contribution in [3.05, 3.63) is 47.8 Å². The standard InChI is InChI=1S/C18H24N2O3/c1-5-11-20(13-14-8-7-12-19(14)2)18(21)17-15(22-3)9-6-10-16(17)23-4/h6-10,12H,5,11,13H2,1-4H3. The first-order chi connectivity index (χ1) is 11.1. The molecule has 2 rings (SSSR count). The lowest BCUT2D eigenvalue weighted by Crippen LogP contribution is -2.32. The molecule has 23 heavy (non-hydrogen) atoms. The van der Waals surface area contributed by atoms with Gasteiger partial charge < -0.3 is 18.9 Å². The molecule has 0 bridgehead atoms. The second-order valence-electron chi connectivity index (χ2n) is 5.37. The van der Waals surface area contributed by atoms with Crippen molar-refractivity contribution in [2.24, 2.45) is 7.05 Å². The lowest BCUT2D eigenvalue weighted by molar-refractivity contribution is 0.0733. The number of benzene rings is 1. The average Bonchev–Trinajstić information content (AvgIpc) is 2.97. The number of methoxy groups -OCH3 is 2. The molecule has 0 atom stereocenters. The van der Waals surface area contributed by atoms with Crippen LogP contribution >= 0.6 is 0 Å². The highest BCUT2D eigenvalue weighted by Crippen LogP contribution is 2.30. The Balaban J connectivity index is 2.36. The van der Waals surface area contributed by atoms with E-state index in [0.717, 1.165) is 12.1 Å². The van der Waals surface area contributed by atoms with Gasteiger partial charge in [-0.25, -0.2) is 0 Å². The van der Waals surface area contributed by atoms with E-state index in [1.165, 1.54) is 0 Å². The molecule has 5 heteroatoms. The van der Waals surface area contributed by atoms with Crippen molar-refractivity contribution in [3.63, 3.8) is 0 Å². The van der Waals surface area contributed by atoms with E-state index in [1.54, 1.807) is 26.4 Å². The molecule has 0 radical (unpaired) electrons. The van der Waals surface area contributed by atoms with Gasteiger partial charge in [0.05, 0.1) is 20.8 Å². The van der Waals surface area contributed by atoms with Gasteiger partial charge in [-0.3, -0.25) is 4.79 Å². The lowest BCUT2D eigenvalue weighted by atomic mass is 10.1. The predicted octanol–water partition coefficient (Wildman–Crippen LogP) is 3.09. The topological polar surface area (TPSA) is 43.7 Å². The van der Waals surface area contributed by atoms with Crippen LogP contribution in [0.1, 0.15) is 29.4 Å². The number of aromatic nitrogens is 1. The van der Waals surface area contributed by atoms with Gasteiger partial charge in [0.25, 0.3) is 5.91 Å². The van der Waals surface area contributed by atoms with Gasteiger partial charge in [-0.2, -0.15) is 0 Å². The summed E-state index contributed by atoms with van der Waals surface area (Å²) in [4.78, 5) is 14.9. The van der Waals surface area contributed by atoms with Crippen LogP contribution in [-0.4, -0.2) is 36.1 Å². The Morgan fingerprint density at radius 1 is 1.13 bits per heavy atom. The number of carbonyl (C=O) groups excluding carboxylic acids is 1. The third-order valence-electron chi connectivity index (χ3n) is 3.83. The van der Waals surface area contributed by atoms with Crippen molar-refractivity contribution in [2.45, 2.75) is 19.9 Å². The van der Waals surface area contributed by atoms with E-state index in [9.17, 15) is 4.79 Å². The maximum absolute atomic E-state index is 13.1. The van der Waals surface area contributed by atoms with E-state index in [2.05, 4.69) is 6.92 Å². The molecule has 0 unspecified atom stereocenters. The molecule has 0 saturated carbocycles. The van der Waals surface area contributed by atoms with Crippen molar-refractivity contribution in [1.82, 2.24) is 9.47 Å². The molecule has 1 amide bonds. The van der Waals surface area contributed by atoms with E-state index in [0.29, 0.717) is 30.2 Å². The summed E-state index contributed by atoms with van der Waals surface area (Å²) in [6, 6.07) is 9.38. The first-order valence-electron chi connectivity index (χ1n) is 7.72. The third-order valence-corrected chi connectivity index (χ3v) is 3.83. The Morgan fingerprint density at radius 3 is 2.26 bits per heavy atom. The first kappa shape index (κ1) is 16.9. The number of aryl methyl sites for hydroxylation is 1. The van der Waals surface area contributed by atoms with Gasteiger partial charge in [0.15, 0.2) is 0 Å². The van der Waals surface area contributed by atoms with Gasteiger partial charge in [0.2, 0.25) is 0 Å². The molecule has 1 aromatic heterocycles. The smallest absolute Gasteiger partial charge is 0.261 e. The second-order valence-corrected chi connectivity index (χ2v) is 5.37. The number of hydrogen-bond donors (Lipinski definition) is 0. The summed E-state index contributed by atoms with van der Waals surface area (Å²) in [5, 5.41) is 0. The summed E-state index contributed by atoms with van der Waals surface area (Å²) in [6.45, 7) is 3.29. The van der Waals surface area contributed by atoms with Crippen LogP contribution in [0, 0.1) is 0 Å². The summed E-state index contributed by atoms with van der Waals surface area (Å²) in [5.74, 6) is 0.979. The van der Waals surface area contributed by atoms with Crippen LogP contribution in [-0.2, 0) is 13.6 Å². The molecule has 0 saturated heterocycles. The number of rotatable bonds is 7. The Hall–Kier alpha value is -2.43. The highest BCUT2D eigenvalue weighted by molar-refractivity contribution is 5.99. The minimum atomic E-state index is -0.0812. The molecule has 0 aliphatic rings. The molecule has 1 aromatic carbocycles. The van der Waals surface area contributed by atoms with Crippen LogP contribution in [0.5, 0.6) is 11.5 Å². The maximum atomic E-state index is 13.1. The highest BCUT2D eigenvalue weighted by atomic mass is 16.5. The van der Waals surface area contributed by atoms with Crippen molar-refractivity contribution in [3.8, 4) is 11.5 Å². The van der Waals surface area contributed by atoms with Gasteiger partial charge in [0, 0.05) is 25.5 Å². The molecule has 0 fully saturated rings. The molecule has 0 aliphatic carbocycles. The molecular weight excluding hydrogens is 292 g/mol. The quantitative estimate of drug-likeness (QED) is 0.788. The molecule has 0 aliphatic heterocycles. The van der Waals surface area contributed by atoms with E-state index in [-0.39, 0.29) is 5.91 Å². The average molecular weight is 316 g/mol. The van der Waals surface area contributed by atoms with Crippen LogP contribution in [0.4, 0.5) is 0 Å². The van der Waals surface area contributed by atoms with E-state index in [4.69, 9.17) is 9.47 Å². The van der Waals surface area contributed by atoms with Crippen molar-refractivity contribution >= 4 is 5.91 Å². The Labute approximate surface area is 137 Å². The summed E-state index contributed by atoms with van der Waals surface area (Å²) >= 11 is 0. The van der Waals surface area contributed by atoms with Crippen LogP contribution in [0.3, 0.4) is 0 Å². The number of amides is 1. The fourth-order valence-corrected chi connectivity index (χ4v) is 2.60. The zero-order valence-electron chi connectivity index (χ0n) is 14.2. The Kier molecular flexibility index (Phi) is 5.68. The van der Waals surface area contributed by atoms with Gasteiger partial charge >= 0.3 is 0 Å². The monoisotopic (exact) mass is 316 g/mol. The molecule has 124 valence electrons. The molecule has 2 aromatic rings. The van der Waals surface area contributed by atoms with Gasteiger partial charge in [-0.05, 0) is 30.7 Å². The Bertz CT molecular complexity index is 642. The molecular formula is C18H24N2O3. The van der Waals surface area contributed by atoms with Crippen molar-refractivity contribution < 1.29 is 14.3 Å². The van der Waals surface area contributed by atoms with Crippen molar-refractivity contribution in [2.75, 3.05) is 20.8 Å². The number of nitrogens with zero attached hydrogens (tertiary/aromatic N) is 2. The fraction of sp³-hybridized carbons (Fsp3) is 0.389. The largest absolute Gasteiger partial charge is 0.496 e. The third kappa shape index (κ3) is 3.67. The van der Waals surface area contributed by atoms with Crippen LogP contribution in [0.2, 0.25) is 0 Å². The molecule has 0 spiro atoms. The number of hydrogen-bond acceptors (Lipinski definition) is 3. The van der Waals surface area contributed by atoms with Crippen molar-refractivity contribution in [1.29, 1.82) is 0 Å². The van der Waals surface area contributed by atoms with Crippen LogP contribution in [0.25, 0.3) is 0 Å². The van der Waals surface area contributed by atoms with Gasteiger partial charge in [0.1, 0.15) is 17.1 Å². The SMILES string of the molecule is CCCN(Cc1cccn1C)C(=O)c1c(OC)cccc1OC. The second kappa shape index (κ2) is 7.72. The zero-order chi connectivity index (χ0) is 16.8. The van der Waals surface area contributed by atoms with E-state index >= 15 is 0 Å².